The lowest BCUT2D eigenvalue weighted by Gasteiger charge is -2.26. The Kier molecular flexibility index (Phi) is 3.25. The van der Waals surface area contributed by atoms with Crippen LogP contribution in [-0.2, 0) is 11.2 Å². The lowest BCUT2D eigenvalue weighted by Crippen LogP contribution is -2.38. The number of pyridine rings is 1. The van der Waals surface area contributed by atoms with Crippen LogP contribution in [0.3, 0.4) is 0 Å². The average Bonchev–Trinajstić information content (AvgIpc) is 2.47. The quantitative estimate of drug-likeness (QED) is 0.886. The van der Waals surface area contributed by atoms with E-state index in [1.165, 1.54) is 0 Å². The van der Waals surface area contributed by atoms with Gasteiger partial charge in [0.1, 0.15) is 11.6 Å². The fourth-order valence-electron chi connectivity index (χ4n) is 2.21. The minimum atomic E-state index is -0.473. The monoisotopic (exact) mass is 269 g/mol. The fourth-order valence-corrected chi connectivity index (χ4v) is 2.21. The van der Waals surface area contributed by atoms with E-state index in [0.29, 0.717) is 24.5 Å². The van der Waals surface area contributed by atoms with Crippen molar-refractivity contribution in [3.8, 4) is 5.75 Å². The zero-order chi connectivity index (χ0) is 13.9. The van der Waals surface area contributed by atoms with Gasteiger partial charge in [0.25, 0.3) is 0 Å². The van der Waals surface area contributed by atoms with Crippen molar-refractivity contribution in [2.45, 2.75) is 12.5 Å². The lowest BCUT2D eigenvalue weighted by molar-refractivity contribution is -0.124. The van der Waals surface area contributed by atoms with E-state index in [9.17, 15) is 4.79 Å². The number of nitrogens with two attached hydrogens (primary N) is 1. The van der Waals surface area contributed by atoms with Crippen LogP contribution >= 0.6 is 0 Å². The second-order valence-corrected chi connectivity index (χ2v) is 4.72. The number of carbonyl (C=O) groups is 1. The van der Waals surface area contributed by atoms with Gasteiger partial charge in [-0.1, -0.05) is 12.1 Å². The number of nitrogen functional groups attached to an aromatic ring is 1. The molecule has 1 aliphatic rings. The van der Waals surface area contributed by atoms with Gasteiger partial charge in [-0.15, -0.1) is 0 Å². The molecule has 5 nitrogen and oxygen atoms in total. The Balaban J connectivity index is 1.70. The standard InChI is InChI=1S/C15H15N3O2/c16-15-8-10(5-6-17-15)7-12(19)14-9-18-11-3-1-2-4-13(11)20-14/h1-6,8,14,18H,7,9H2,(H2,16,17). The summed E-state index contributed by atoms with van der Waals surface area (Å²) < 4.78 is 5.74. The van der Waals surface area contributed by atoms with Crippen molar-refractivity contribution >= 4 is 17.3 Å². The molecular weight excluding hydrogens is 254 g/mol. The van der Waals surface area contributed by atoms with Crippen LogP contribution in [0.15, 0.2) is 42.6 Å². The third kappa shape index (κ3) is 2.56. The highest BCUT2D eigenvalue weighted by Gasteiger charge is 2.25. The van der Waals surface area contributed by atoms with Crippen LogP contribution in [0, 0.1) is 0 Å². The number of nitrogens with zero attached hydrogens (tertiary/aromatic N) is 1. The average molecular weight is 269 g/mol. The van der Waals surface area contributed by atoms with Crippen molar-refractivity contribution in [1.29, 1.82) is 0 Å². The van der Waals surface area contributed by atoms with Crippen molar-refractivity contribution in [2.75, 3.05) is 17.6 Å². The molecule has 2 heterocycles. The zero-order valence-corrected chi connectivity index (χ0v) is 10.9. The Labute approximate surface area is 116 Å². The van der Waals surface area contributed by atoms with Gasteiger partial charge >= 0.3 is 0 Å². The van der Waals surface area contributed by atoms with Crippen LogP contribution in [0.4, 0.5) is 11.5 Å². The Morgan fingerprint density at radius 2 is 2.25 bits per heavy atom. The summed E-state index contributed by atoms with van der Waals surface area (Å²) in [4.78, 5) is 16.2. The van der Waals surface area contributed by atoms with Gasteiger partial charge in [-0.2, -0.15) is 0 Å². The van der Waals surface area contributed by atoms with Gasteiger partial charge in [0.15, 0.2) is 11.9 Å². The number of hydrogen-bond donors (Lipinski definition) is 2. The topological polar surface area (TPSA) is 77.2 Å². The van der Waals surface area contributed by atoms with Crippen molar-refractivity contribution in [1.82, 2.24) is 4.98 Å². The third-order valence-corrected chi connectivity index (χ3v) is 3.22. The number of carbonyl (C=O) groups excluding carboxylic acids is 1. The van der Waals surface area contributed by atoms with E-state index < -0.39 is 6.10 Å². The highest BCUT2D eigenvalue weighted by atomic mass is 16.5. The van der Waals surface area contributed by atoms with Crippen LogP contribution in [0.25, 0.3) is 0 Å². The van der Waals surface area contributed by atoms with Crippen LogP contribution in [-0.4, -0.2) is 23.4 Å². The fraction of sp³-hybridized carbons (Fsp3) is 0.200. The number of ether oxygens (including phenoxy) is 1. The molecule has 1 unspecified atom stereocenters. The van der Waals surface area contributed by atoms with E-state index in [1.807, 2.05) is 24.3 Å². The lowest BCUT2D eigenvalue weighted by atomic mass is 10.1. The first-order valence-corrected chi connectivity index (χ1v) is 6.45. The first kappa shape index (κ1) is 12.5. The zero-order valence-electron chi connectivity index (χ0n) is 10.9. The molecule has 1 aromatic heterocycles. The molecule has 0 spiro atoms. The predicted molar refractivity (Wildman–Crippen MR) is 76.7 cm³/mol. The summed E-state index contributed by atoms with van der Waals surface area (Å²) in [6, 6.07) is 11.1. The van der Waals surface area contributed by atoms with E-state index in [-0.39, 0.29) is 5.78 Å². The molecule has 5 heteroatoms. The van der Waals surface area contributed by atoms with Crippen molar-refractivity contribution < 1.29 is 9.53 Å². The minimum absolute atomic E-state index is 0.0256. The van der Waals surface area contributed by atoms with Gasteiger partial charge in [0.2, 0.25) is 0 Å². The maximum absolute atomic E-state index is 12.3. The number of anilines is 2. The summed E-state index contributed by atoms with van der Waals surface area (Å²) in [5.41, 5.74) is 7.38. The first-order chi connectivity index (χ1) is 9.72. The van der Waals surface area contributed by atoms with Crippen LogP contribution < -0.4 is 15.8 Å². The number of benzene rings is 1. The molecule has 0 bridgehead atoms. The molecule has 0 aliphatic carbocycles. The number of aromatic nitrogens is 1. The SMILES string of the molecule is Nc1cc(CC(=O)C2CNc3ccccc3O2)ccn1. The Bertz CT molecular complexity index is 643. The van der Waals surface area contributed by atoms with Crippen LogP contribution in [0.1, 0.15) is 5.56 Å². The minimum Gasteiger partial charge on any atom is -0.479 e. The van der Waals surface area contributed by atoms with Crippen LogP contribution in [0.5, 0.6) is 5.75 Å². The molecule has 0 saturated carbocycles. The number of fused-ring (bicyclic) bond motifs is 1. The predicted octanol–water partition coefficient (Wildman–Crippen LogP) is 1.65. The number of Topliss-reactive ketones (excluding diaryl/α,β-unsaturated/α-hetero) is 1. The molecule has 3 N–H and O–H groups in total. The van der Waals surface area contributed by atoms with Gasteiger partial charge in [0.05, 0.1) is 12.2 Å². The van der Waals surface area contributed by atoms with E-state index in [1.54, 1.807) is 18.3 Å². The van der Waals surface area contributed by atoms with Crippen molar-refractivity contribution in [2.24, 2.45) is 0 Å². The molecule has 0 fully saturated rings. The number of nitrogens with one attached hydrogen (secondary N) is 1. The van der Waals surface area contributed by atoms with E-state index in [0.717, 1.165) is 11.3 Å². The van der Waals surface area contributed by atoms with E-state index in [4.69, 9.17) is 10.5 Å². The second-order valence-electron chi connectivity index (χ2n) is 4.72. The molecule has 2 aromatic rings. The maximum Gasteiger partial charge on any atom is 0.179 e. The molecule has 102 valence electrons. The molecule has 1 atom stereocenters. The normalized spacial score (nSPS) is 16.7. The number of ketones is 1. The first-order valence-electron chi connectivity index (χ1n) is 6.45. The van der Waals surface area contributed by atoms with Gasteiger partial charge in [0, 0.05) is 12.6 Å². The van der Waals surface area contributed by atoms with E-state index in [2.05, 4.69) is 10.3 Å². The Hall–Kier alpha value is -2.56. The summed E-state index contributed by atoms with van der Waals surface area (Å²) in [5, 5.41) is 3.21. The second kappa shape index (κ2) is 5.21. The smallest absolute Gasteiger partial charge is 0.179 e. The van der Waals surface area contributed by atoms with Crippen molar-refractivity contribution in [3.63, 3.8) is 0 Å². The van der Waals surface area contributed by atoms with E-state index >= 15 is 0 Å². The molecule has 20 heavy (non-hydrogen) atoms. The molecule has 1 aliphatic heterocycles. The summed E-state index contributed by atoms with van der Waals surface area (Å²) in [5.74, 6) is 1.16. The maximum atomic E-state index is 12.3. The van der Waals surface area contributed by atoms with Gasteiger partial charge < -0.3 is 15.8 Å². The number of rotatable bonds is 3. The Morgan fingerprint density at radius 1 is 1.40 bits per heavy atom. The highest BCUT2D eigenvalue weighted by molar-refractivity contribution is 5.87. The largest absolute Gasteiger partial charge is 0.479 e. The molecule has 0 saturated heterocycles. The van der Waals surface area contributed by atoms with Gasteiger partial charge in [-0.3, -0.25) is 4.79 Å². The van der Waals surface area contributed by atoms with Gasteiger partial charge in [-0.25, -0.2) is 4.98 Å². The van der Waals surface area contributed by atoms with Gasteiger partial charge in [-0.05, 0) is 29.8 Å². The molecule has 0 radical (unpaired) electrons. The molecular formula is C15H15N3O2. The summed E-state index contributed by atoms with van der Waals surface area (Å²) in [6.45, 7) is 0.483. The molecule has 3 rings (SSSR count). The summed E-state index contributed by atoms with van der Waals surface area (Å²) >= 11 is 0. The highest BCUT2D eigenvalue weighted by Crippen LogP contribution is 2.28. The molecule has 0 amide bonds. The number of para-hydroxylation sites is 2. The van der Waals surface area contributed by atoms with Crippen LogP contribution in [0.2, 0.25) is 0 Å². The van der Waals surface area contributed by atoms with Crippen molar-refractivity contribution in [3.05, 3.63) is 48.2 Å². The Morgan fingerprint density at radius 3 is 3.10 bits per heavy atom. The number of hydrogen-bond acceptors (Lipinski definition) is 5. The third-order valence-electron chi connectivity index (χ3n) is 3.22. The molecule has 1 aromatic carbocycles. The summed E-state index contributed by atoms with van der Waals surface area (Å²) in [7, 11) is 0. The summed E-state index contributed by atoms with van der Waals surface area (Å²) in [6.07, 6.45) is 1.42.